The zero-order valence-electron chi connectivity index (χ0n) is 23.0. The van der Waals surface area contributed by atoms with E-state index >= 15 is 0 Å². The SMILES string of the molecule is CCN(CC)C(=O)C(C)(C)c1ccc2[nH]c(-c3cc(C)cc(C)c3)c(CCN/C(=C/[N+](=O)[O-])NC)c2c1. The second-order valence-electron chi connectivity index (χ2n) is 9.97. The molecule has 0 aliphatic heterocycles. The fraction of sp³-hybridized carbons (Fsp3) is 0.414. The van der Waals surface area contributed by atoms with Crippen molar-refractivity contribution >= 4 is 16.8 Å². The Balaban J connectivity index is 2.11. The lowest BCUT2D eigenvalue weighted by Gasteiger charge is -2.31. The third kappa shape index (κ3) is 6.13. The molecule has 3 rings (SSSR count). The number of carbonyl (C=O) groups excluding carboxylic acids is 1. The van der Waals surface area contributed by atoms with Crippen LogP contribution < -0.4 is 10.6 Å². The lowest BCUT2D eigenvalue weighted by Crippen LogP contribution is -2.43. The van der Waals surface area contributed by atoms with Gasteiger partial charge in [-0.25, -0.2) is 0 Å². The Morgan fingerprint density at radius 1 is 1.11 bits per heavy atom. The van der Waals surface area contributed by atoms with E-state index in [0.717, 1.165) is 39.5 Å². The van der Waals surface area contributed by atoms with Crippen molar-refractivity contribution in [2.75, 3.05) is 26.7 Å². The van der Waals surface area contributed by atoms with E-state index in [1.165, 1.54) is 11.1 Å². The number of hydrogen-bond acceptors (Lipinski definition) is 5. The van der Waals surface area contributed by atoms with E-state index in [0.29, 0.717) is 31.9 Å². The van der Waals surface area contributed by atoms with E-state index in [2.05, 4.69) is 59.8 Å². The van der Waals surface area contributed by atoms with Crippen LogP contribution in [0.1, 0.15) is 49.9 Å². The monoisotopic (exact) mass is 505 g/mol. The zero-order valence-corrected chi connectivity index (χ0v) is 23.0. The molecule has 1 aromatic heterocycles. The second kappa shape index (κ2) is 11.5. The summed E-state index contributed by atoms with van der Waals surface area (Å²) in [6.45, 7) is 14.0. The first-order chi connectivity index (χ1) is 17.5. The molecule has 0 aliphatic carbocycles. The van der Waals surface area contributed by atoms with Gasteiger partial charge in [0, 0.05) is 43.3 Å². The molecule has 8 nitrogen and oxygen atoms in total. The van der Waals surface area contributed by atoms with E-state index in [1.54, 1.807) is 7.05 Å². The largest absolute Gasteiger partial charge is 0.370 e. The Bertz CT molecular complexity index is 1300. The van der Waals surface area contributed by atoms with Gasteiger partial charge in [-0.2, -0.15) is 0 Å². The molecule has 0 bridgehead atoms. The number of nitro groups is 1. The molecule has 2 aromatic carbocycles. The van der Waals surface area contributed by atoms with Gasteiger partial charge in [0.2, 0.25) is 5.91 Å². The van der Waals surface area contributed by atoms with Crippen molar-refractivity contribution in [2.45, 2.75) is 53.4 Å². The number of hydrogen-bond donors (Lipinski definition) is 3. The number of aryl methyl sites for hydroxylation is 2. The topological polar surface area (TPSA) is 103 Å². The lowest BCUT2D eigenvalue weighted by atomic mass is 9.82. The minimum atomic E-state index is -0.680. The van der Waals surface area contributed by atoms with Crippen molar-refractivity contribution in [3.8, 4) is 11.3 Å². The van der Waals surface area contributed by atoms with Crippen molar-refractivity contribution < 1.29 is 9.72 Å². The highest BCUT2D eigenvalue weighted by Crippen LogP contribution is 2.35. The highest BCUT2D eigenvalue weighted by Gasteiger charge is 2.33. The Morgan fingerprint density at radius 2 is 1.76 bits per heavy atom. The average Bonchev–Trinajstić information content (AvgIpc) is 3.21. The molecule has 0 atom stereocenters. The van der Waals surface area contributed by atoms with Gasteiger partial charge in [-0.1, -0.05) is 23.3 Å². The van der Waals surface area contributed by atoms with Crippen LogP contribution in [-0.4, -0.2) is 47.4 Å². The highest BCUT2D eigenvalue weighted by molar-refractivity contribution is 5.94. The predicted octanol–water partition coefficient (Wildman–Crippen LogP) is 5.02. The Hall–Kier alpha value is -3.81. The normalized spacial score (nSPS) is 12.0. The first-order valence-electron chi connectivity index (χ1n) is 12.8. The third-order valence-electron chi connectivity index (χ3n) is 6.92. The average molecular weight is 506 g/mol. The predicted molar refractivity (Wildman–Crippen MR) is 150 cm³/mol. The molecule has 1 amide bonds. The standard InChI is InChI=1S/C29H39N5O3/c1-8-33(9-2)28(35)29(5,6)22-10-11-25-24(17-22)23(12-13-31-26(30-7)18-34(36)37)27(32-25)21-15-19(3)14-20(4)16-21/h10-11,14-18,30-32H,8-9,12-13H2,1-7H3/b26-18+. The van der Waals surface area contributed by atoms with Crippen LogP contribution in [0.5, 0.6) is 0 Å². The summed E-state index contributed by atoms with van der Waals surface area (Å²) < 4.78 is 0. The number of benzene rings is 2. The maximum atomic E-state index is 13.4. The summed E-state index contributed by atoms with van der Waals surface area (Å²) in [6.07, 6.45) is 1.56. The lowest BCUT2D eigenvalue weighted by molar-refractivity contribution is -0.404. The molecule has 0 aliphatic rings. The van der Waals surface area contributed by atoms with Crippen LogP contribution in [0, 0.1) is 24.0 Å². The van der Waals surface area contributed by atoms with Gasteiger partial charge in [0.25, 0.3) is 6.20 Å². The second-order valence-corrected chi connectivity index (χ2v) is 9.97. The van der Waals surface area contributed by atoms with E-state index in [9.17, 15) is 14.9 Å². The molecule has 3 aromatic rings. The van der Waals surface area contributed by atoms with E-state index in [1.807, 2.05) is 38.7 Å². The number of aromatic amines is 1. The van der Waals surface area contributed by atoms with Crippen LogP contribution >= 0.6 is 0 Å². The summed E-state index contributed by atoms with van der Waals surface area (Å²) in [5, 5.41) is 17.9. The molecule has 0 spiro atoms. The third-order valence-corrected chi connectivity index (χ3v) is 6.92. The van der Waals surface area contributed by atoms with Crippen LogP contribution in [-0.2, 0) is 16.6 Å². The van der Waals surface area contributed by atoms with Crippen LogP contribution in [0.25, 0.3) is 22.2 Å². The molecule has 0 saturated heterocycles. The van der Waals surface area contributed by atoms with Crippen molar-refractivity contribution in [3.63, 3.8) is 0 Å². The van der Waals surface area contributed by atoms with Crippen LogP contribution in [0.15, 0.2) is 48.4 Å². The van der Waals surface area contributed by atoms with E-state index < -0.39 is 10.3 Å². The van der Waals surface area contributed by atoms with Gasteiger partial charge in [-0.3, -0.25) is 14.9 Å². The van der Waals surface area contributed by atoms with Gasteiger partial charge in [0.15, 0.2) is 5.82 Å². The minimum absolute atomic E-state index is 0.105. The molecule has 37 heavy (non-hydrogen) atoms. The quantitative estimate of drug-likeness (QED) is 0.251. The smallest absolute Gasteiger partial charge is 0.274 e. The number of rotatable bonds is 11. The van der Waals surface area contributed by atoms with Gasteiger partial charge < -0.3 is 20.5 Å². The molecule has 8 heteroatoms. The van der Waals surface area contributed by atoms with Gasteiger partial charge in [-0.05, 0) is 88.9 Å². The molecular formula is C29H39N5O3. The molecule has 198 valence electrons. The molecule has 0 fully saturated rings. The fourth-order valence-electron chi connectivity index (χ4n) is 4.92. The fourth-order valence-corrected chi connectivity index (χ4v) is 4.92. The number of fused-ring (bicyclic) bond motifs is 1. The summed E-state index contributed by atoms with van der Waals surface area (Å²) >= 11 is 0. The van der Waals surface area contributed by atoms with Crippen LogP contribution in [0.2, 0.25) is 0 Å². The number of H-pyrrole nitrogens is 1. The number of nitrogens with one attached hydrogen (secondary N) is 3. The number of carbonyl (C=O) groups is 1. The van der Waals surface area contributed by atoms with Gasteiger partial charge in [0.1, 0.15) is 0 Å². The first-order valence-corrected chi connectivity index (χ1v) is 12.8. The zero-order chi connectivity index (χ0) is 27.3. The van der Waals surface area contributed by atoms with Gasteiger partial charge in [0.05, 0.1) is 10.3 Å². The molecular weight excluding hydrogens is 466 g/mol. The summed E-state index contributed by atoms with van der Waals surface area (Å²) in [5.74, 6) is 0.457. The molecule has 0 radical (unpaired) electrons. The number of amides is 1. The van der Waals surface area contributed by atoms with Crippen molar-refractivity contribution in [3.05, 3.63) is 80.8 Å². The minimum Gasteiger partial charge on any atom is -0.370 e. The van der Waals surface area contributed by atoms with Crippen molar-refractivity contribution in [2.24, 2.45) is 0 Å². The summed E-state index contributed by atoms with van der Waals surface area (Å²) in [6, 6.07) is 12.7. The maximum absolute atomic E-state index is 13.4. The number of nitrogens with zero attached hydrogens (tertiary/aromatic N) is 2. The van der Waals surface area contributed by atoms with Crippen LogP contribution in [0.3, 0.4) is 0 Å². The maximum Gasteiger partial charge on any atom is 0.274 e. The Kier molecular flexibility index (Phi) is 8.63. The Morgan fingerprint density at radius 3 is 2.32 bits per heavy atom. The van der Waals surface area contributed by atoms with Crippen LogP contribution in [0.4, 0.5) is 0 Å². The summed E-state index contributed by atoms with van der Waals surface area (Å²) in [4.78, 5) is 29.3. The van der Waals surface area contributed by atoms with Gasteiger partial charge >= 0.3 is 0 Å². The van der Waals surface area contributed by atoms with Crippen molar-refractivity contribution in [1.82, 2.24) is 20.5 Å². The van der Waals surface area contributed by atoms with E-state index in [4.69, 9.17) is 0 Å². The summed E-state index contributed by atoms with van der Waals surface area (Å²) in [5.41, 5.74) is 6.86. The molecule has 0 saturated carbocycles. The molecule has 0 unspecified atom stereocenters. The molecule has 1 heterocycles. The van der Waals surface area contributed by atoms with Gasteiger partial charge in [-0.15, -0.1) is 0 Å². The highest BCUT2D eigenvalue weighted by atomic mass is 16.6. The first kappa shape index (κ1) is 27.8. The number of aromatic nitrogens is 1. The number of likely N-dealkylation sites (N-methyl/N-ethyl adjacent to an activating group) is 1. The Labute approximate surface area is 219 Å². The summed E-state index contributed by atoms with van der Waals surface area (Å²) in [7, 11) is 1.65. The van der Waals surface area contributed by atoms with Crippen molar-refractivity contribution in [1.29, 1.82) is 0 Å². The molecule has 3 N–H and O–H groups in total. The van der Waals surface area contributed by atoms with E-state index in [-0.39, 0.29) is 5.91 Å².